The van der Waals surface area contributed by atoms with E-state index in [9.17, 15) is 9.59 Å². The minimum atomic E-state index is -0.139. The molecular weight excluding hydrogens is 450 g/mol. The predicted molar refractivity (Wildman–Crippen MR) is 152 cm³/mol. The number of anilines is 1. The van der Waals surface area contributed by atoms with Crippen LogP contribution in [0.1, 0.15) is 62.5 Å². The summed E-state index contributed by atoms with van der Waals surface area (Å²) in [6.45, 7) is 15.0. The first-order chi connectivity index (χ1) is 16.6. The first kappa shape index (κ1) is 29.9. The standard InChI is InChI=1S/C21H19NOS.C6H12O.C4H8/c1-16-8-5-6-13-20(16)24-15-17-9-7-10-18(14-17)21(23)22-19-11-3-2-4-12-19;1-5(7)6(2,3)4;1-3-4-2/h2-14H,15H2,1H3,(H,22,23);1-4H3;3H,1,4H2,2H3. The molecule has 3 aromatic carbocycles. The highest BCUT2D eigenvalue weighted by Gasteiger charge is 2.14. The summed E-state index contributed by atoms with van der Waals surface area (Å²) in [5.74, 6) is 1.01. The van der Waals surface area contributed by atoms with Gasteiger partial charge >= 0.3 is 0 Å². The van der Waals surface area contributed by atoms with E-state index >= 15 is 0 Å². The van der Waals surface area contributed by atoms with Gasteiger partial charge in [-0.1, -0.05) is 82.3 Å². The van der Waals surface area contributed by atoms with Gasteiger partial charge in [-0.2, -0.15) is 0 Å². The number of allylic oxidation sites excluding steroid dienone is 1. The Bertz CT molecular complexity index is 1070. The van der Waals surface area contributed by atoms with Gasteiger partial charge in [-0.3, -0.25) is 9.59 Å². The fourth-order valence-corrected chi connectivity index (χ4v) is 3.38. The van der Waals surface area contributed by atoms with Crippen molar-refractivity contribution < 1.29 is 9.59 Å². The number of aryl methyl sites for hydroxylation is 1. The molecule has 0 spiro atoms. The topological polar surface area (TPSA) is 46.2 Å². The molecule has 0 radical (unpaired) electrons. The van der Waals surface area contributed by atoms with Gasteiger partial charge in [0.15, 0.2) is 0 Å². The molecule has 0 unspecified atom stereocenters. The van der Waals surface area contributed by atoms with Crippen molar-refractivity contribution in [2.45, 2.75) is 58.6 Å². The van der Waals surface area contributed by atoms with E-state index in [1.807, 2.05) is 81.4 Å². The number of thioether (sulfide) groups is 1. The molecule has 4 heteroatoms. The lowest BCUT2D eigenvalue weighted by atomic mass is 9.92. The van der Waals surface area contributed by atoms with E-state index in [4.69, 9.17) is 0 Å². The van der Waals surface area contributed by atoms with Crippen LogP contribution in [-0.2, 0) is 10.5 Å². The fourth-order valence-electron chi connectivity index (χ4n) is 2.41. The number of hydrogen-bond donors (Lipinski definition) is 1. The maximum absolute atomic E-state index is 12.4. The molecular formula is C31H39NO2S. The van der Waals surface area contributed by atoms with E-state index in [0.29, 0.717) is 5.56 Å². The summed E-state index contributed by atoms with van der Waals surface area (Å²) in [4.78, 5) is 24.1. The van der Waals surface area contributed by atoms with Crippen LogP contribution in [0.5, 0.6) is 0 Å². The van der Waals surface area contributed by atoms with Gasteiger partial charge in [0.25, 0.3) is 5.91 Å². The molecule has 1 N–H and O–H groups in total. The van der Waals surface area contributed by atoms with E-state index in [2.05, 4.69) is 50.0 Å². The van der Waals surface area contributed by atoms with Gasteiger partial charge in [-0.15, -0.1) is 18.3 Å². The molecule has 0 aliphatic carbocycles. The monoisotopic (exact) mass is 489 g/mol. The van der Waals surface area contributed by atoms with Crippen molar-refractivity contribution in [1.82, 2.24) is 0 Å². The van der Waals surface area contributed by atoms with Gasteiger partial charge in [0.2, 0.25) is 0 Å². The summed E-state index contributed by atoms with van der Waals surface area (Å²) in [5.41, 5.74) is 3.77. The van der Waals surface area contributed by atoms with Gasteiger partial charge in [0.1, 0.15) is 5.78 Å². The van der Waals surface area contributed by atoms with Crippen LogP contribution >= 0.6 is 11.8 Å². The number of rotatable bonds is 6. The highest BCUT2D eigenvalue weighted by Crippen LogP contribution is 2.26. The number of para-hydroxylation sites is 1. The van der Waals surface area contributed by atoms with Gasteiger partial charge in [0, 0.05) is 27.3 Å². The van der Waals surface area contributed by atoms with Gasteiger partial charge in [-0.05, 0) is 61.7 Å². The SMILES string of the molecule is C=CCC.CC(=O)C(C)(C)C.Cc1ccccc1SCc1cccc(C(=O)Nc2ccccc2)c1. The minimum Gasteiger partial charge on any atom is -0.322 e. The second-order valence-electron chi connectivity index (χ2n) is 9.08. The maximum atomic E-state index is 12.4. The van der Waals surface area contributed by atoms with Crippen molar-refractivity contribution >= 4 is 29.1 Å². The number of carbonyl (C=O) groups is 2. The van der Waals surface area contributed by atoms with Crippen LogP contribution in [0.25, 0.3) is 0 Å². The summed E-state index contributed by atoms with van der Waals surface area (Å²) in [7, 11) is 0. The normalized spacial score (nSPS) is 10.1. The Kier molecular flexibility index (Phi) is 13.4. The van der Waals surface area contributed by atoms with Gasteiger partial charge < -0.3 is 5.32 Å². The predicted octanol–water partition coefficient (Wildman–Crippen LogP) is 8.74. The van der Waals surface area contributed by atoms with Crippen LogP contribution < -0.4 is 5.32 Å². The number of ketones is 1. The Morgan fingerprint density at radius 1 is 0.943 bits per heavy atom. The third-order valence-corrected chi connectivity index (χ3v) is 6.30. The van der Waals surface area contributed by atoms with Gasteiger partial charge in [-0.25, -0.2) is 0 Å². The molecule has 0 bridgehead atoms. The van der Waals surface area contributed by atoms with Crippen molar-refractivity contribution in [3.05, 3.63) is 108 Å². The maximum Gasteiger partial charge on any atom is 0.255 e. The average molecular weight is 490 g/mol. The van der Waals surface area contributed by atoms with Gasteiger partial charge in [0.05, 0.1) is 0 Å². The van der Waals surface area contributed by atoms with Crippen LogP contribution in [0.2, 0.25) is 0 Å². The van der Waals surface area contributed by atoms with Crippen LogP contribution in [0.3, 0.4) is 0 Å². The molecule has 186 valence electrons. The zero-order valence-corrected chi connectivity index (χ0v) is 22.7. The Hall–Kier alpha value is -3.11. The lowest BCUT2D eigenvalue weighted by molar-refractivity contribution is -0.124. The third-order valence-electron chi connectivity index (χ3n) is 5.05. The second-order valence-corrected chi connectivity index (χ2v) is 10.1. The molecule has 0 aromatic heterocycles. The third kappa shape index (κ3) is 12.2. The number of benzene rings is 3. The van der Waals surface area contributed by atoms with E-state index in [-0.39, 0.29) is 17.1 Å². The fraction of sp³-hybridized carbons (Fsp3) is 0.290. The van der Waals surface area contributed by atoms with Crippen LogP contribution in [0.15, 0.2) is 96.4 Å². The molecule has 0 atom stereocenters. The van der Waals surface area contributed by atoms with Crippen molar-refractivity contribution in [2.75, 3.05) is 5.32 Å². The Morgan fingerprint density at radius 2 is 1.51 bits per heavy atom. The Balaban J connectivity index is 0.000000468. The first-order valence-electron chi connectivity index (χ1n) is 11.8. The number of nitrogens with one attached hydrogen (secondary N) is 1. The molecule has 0 saturated carbocycles. The summed E-state index contributed by atoms with van der Waals surface area (Å²) >= 11 is 1.79. The minimum absolute atomic E-state index is 0.0797. The zero-order valence-electron chi connectivity index (χ0n) is 21.9. The molecule has 0 aliphatic heterocycles. The smallest absolute Gasteiger partial charge is 0.255 e. The number of carbonyl (C=O) groups excluding carboxylic acids is 2. The second kappa shape index (κ2) is 15.7. The first-order valence-corrected chi connectivity index (χ1v) is 12.8. The van der Waals surface area contributed by atoms with Crippen molar-refractivity contribution in [3.8, 4) is 0 Å². The largest absolute Gasteiger partial charge is 0.322 e. The lowest BCUT2D eigenvalue weighted by Crippen LogP contribution is -2.15. The van der Waals surface area contributed by atoms with Crippen LogP contribution in [0.4, 0.5) is 5.69 Å². The van der Waals surface area contributed by atoms with Crippen molar-refractivity contribution in [3.63, 3.8) is 0 Å². The summed E-state index contributed by atoms with van der Waals surface area (Å²) in [6, 6.07) is 25.7. The van der Waals surface area contributed by atoms with E-state index in [0.717, 1.165) is 23.4 Å². The molecule has 0 aliphatic rings. The molecule has 3 aromatic rings. The zero-order chi connectivity index (χ0) is 26.3. The molecule has 0 heterocycles. The number of amides is 1. The highest BCUT2D eigenvalue weighted by molar-refractivity contribution is 7.98. The lowest BCUT2D eigenvalue weighted by Gasteiger charge is -2.11. The van der Waals surface area contributed by atoms with E-state index < -0.39 is 0 Å². The number of hydrogen-bond acceptors (Lipinski definition) is 3. The average Bonchev–Trinajstić information content (AvgIpc) is 2.84. The molecule has 3 rings (SSSR count). The molecule has 0 fully saturated rings. The Labute approximate surface area is 216 Å². The van der Waals surface area contributed by atoms with Crippen molar-refractivity contribution in [2.24, 2.45) is 5.41 Å². The van der Waals surface area contributed by atoms with E-state index in [1.165, 1.54) is 10.5 Å². The van der Waals surface area contributed by atoms with E-state index in [1.54, 1.807) is 18.7 Å². The molecule has 1 amide bonds. The highest BCUT2D eigenvalue weighted by atomic mass is 32.2. The molecule has 3 nitrogen and oxygen atoms in total. The molecule has 35 heavy (non-hydrogen) atoms. The van der Waals surface area contributed by atoms with Crippen LogP contribution in [-0.4, -0.2) is 11.7 Å². The summed E-state index contributed by atoms with van der Waals surface area (Å²) in [6.07, 6.45) is 2.96. The summed E-state index contributed by atoms with van der Waals surface area (Å²) < 4.78 is 0. The number of Topliss-reactive ketones (excluding diaryl/α,β-unsaturated/α-hetero) is 1. The summed E-state index contributed by atoms with van der Waals surface area (Å²) in [5, 5.41) is 2.92. The quantitative estimate of drug-likeness (QED) is 0.278. The Morgan fingerprint density at radius 3 is 2.06 bits per heavy atom. The van der Waals surface area contributed by atoms with Crippen LogP contribution in [0, 0.1) is 12.3 Å². The van der Waals surface area contributed by atoms with Crippen molar-refractivity contribution in [1.29, 1.82) is 0 Å². The molecule has 0 saturated heterocycles.